The van der Waals surface area contributed by atoms with Crippen molar-refractivity contribution < 1.29 is 9.53 Å². The number of nitrogens with zero attached hydrogens (tertiary/aromatic N) is 2. The van der Waals surface area contributed by atoms with Crippen LogP contribution in [0.5, 0.6) is 5.75 Å². The van der Waals surface area contributed by atoms with Crippen LogP contribution in [0, 0.1) is 6.92 Å². The van der Waals surface area contributed by atoms with Gasteiger partial charge in [-0.25, -0.2) is 9.97 Å². The molecule has 1 aromatic heterocycles. The highest BCUT2D eigenvalue weighted by Gasteiger charge is 2.24. The molecule has 0 bridgehead atoms. The monoisotopic (exact) mass is 332 g/mol. The van der Waals surface area contributed by atoms with Gasteiger partial charge in [0.25, 0.3) is 5.91 Å². The number of aromatic nitrogens is 2. The zero-order valence-electron chi connectivity index (χ0n) is 12.9. The Morgan fingerprint density at radius 2 is 2.00 bits per heavy atom. The summed E-state index contributed by atoms with van der Waals surface area (Å²) >= 11 is 6.09. The van der Waals surface area contributed by atoms with Crippen LogP contribution in [0.15, 0.2) is 24.5 Å². The lowest BCUT2D eigenvalue weighted by molar-refractivity contribution is 0.0950. The number of aryl methyl sites for hydroxylation is 1. The molecule has 2 aromatic rings. The fourth-order valence-electron chi connectivity index (χ4n) is 2.06. The van der Waals surface area contributed by atoms with Gasteiger partial charge in [0.05, 0.1) is 18.4 Å². The molecule has 0 aliphatic heterocycles. The predicted molar refractivity (Wildman–Crippen MR) is 88.5 cm³/mol. The first-order valence-corrected chi connectivity index (χ1v) is 7.68. The van der Waals surface area contributed by atoms with E-state index in [1.165, 1.54) is 12.4 Å². The fourth-order valence-corrected chi connectivity index (χ4v) is 2.21. The molecule has 120 valence electrons. The van der Waals surface area contributed by atoms with Crippen LogP contribution in [0.1, 0.15) is 28.8 Å². The molecular weight excluding hydrogens is 316 g/mol. The van der Waals surface area contributed by atoms with Crippen LogP contribution in [-0.2, 0) is 0 Å². The standard InChI is InChI=1S/C16H17ClN4O2/c1-9-5-13(14(23-2)6-12(9)17)21-16-18-7-10(8-19-16)15(22)20-11-3-4-11/h5-8,11H,3-4H2,1-2H3,(H,20,22)(H,18,19,21). The molecule has 0 atom stereocenters. The van der Waals surface area contributed by atoms with Crippen molar-refractivity contribution in [3.63, 3.8) is 0 Å². The van der Waals surface area contributed by atoms with E-state index in [-0.39, 0.29) is 5.91 Å². The molecule has 0 radical (unpaired) electrons. The normalized spacial score (nSPS) is 13.5. The van der Waals surface area contributed by atoms with Crippen LogP contribution >= 0.6 is 11.6 Å². The summed E-state index contributed by atoms with van der Waals surface area (Å²) in [6, 6.07) is 3.90. The molecule has 23 heavy (non-hydrogen) atoms. The number of nitrogens with one attached hydrogen (secondary N) is 2. The third-order valence-electron chi connectivity index (χ3n) is 3.55. The molecular formula is C16H17ClN4O2. The zero-order valence-corrected chi connectivity index (χ0v) is 13.6. The number of amides is 1. The second kappa shape index (κ2) is 6.42. The van der Waals surface area contributed by atoms with E-state index in [1.54, 1.807) is 13.2 Å². The number of hydrogen-bond donors (Lipinski definition) is 2. The Hall–Kier alpha value is -2.34. The quantitative estimate of drug-likeness (QED) is 0.880. The van der Waals surface area contributed by atoms with E-state index in [0.29, 0.717) is 34.0 Å². The Bertz CT molecular complexity index is 730. The molecule has 1 amide bonds. The number of methoxy groups -OCH3 is 1. The van der Waals surface area contributed by atoms with Crippen molar-refractivity contribution in [1.82, 2.24) is 15.3 Å². The molecule has 1 fully saturated rings. The number of halogens is 1. The van der Waals surface area contributed by atoms with Crippen LogP contribution < -0.4 is 15.4 Å². The number of anilines is 2. The fraction of sp³-hybridized carbons (Fsp3) is 0.312. The molecule has 7 heteroatoms. The largest absolute Gasteiger partial charge is 0.495 e. The SMILES string of the molecule is COc1cc(Cl)c(C)cc1Nc1ncc(C(=O)NC2CC2)cn1. The van der Waals surface area contributed by atoms with Gasteiger partial charge < -0.3 is 15.4 Å². The lowest BCUT2D eigenvalue weighted by Crippen LogP contribution is -2.25. The summed E-state index contributed by atoms with van der Waals surface area (Å²) in [6.07, 6.45) is 5.09. The Morgan fingerprint density at radius 3 is 2.61 bits per heavy atom. The first kappa shape index (κ1) is 15.6. The Morgan fingerprint density at radius 1 is 1.30 bits per heavy atom. The van der Waals surface area contributed by atoms with E-state index in [4.69, 9.17) is 16.3 Å². The van der Waals surface area contributed by atoms with Gasteiger partial charge in [-0.15, -0.1) is 0 Å². The highest BCUT2D eigenvalue weighted by atomic mass is 35.5. The summed E-state index contributed by atoms with van der Waals surface area (Å²) in [7, 11) is 1.57. The van der Waals surface area contributed by atoms with Gasteiger partial charge in [0.1, 0.15) is 5.75 Å². The van der Waals surface area contributed by atoms with Crippen LogP contribution in [0.25, 0.3) is 0 Å². The average molecular weight is 333 g/mol. The number of benzene rings is 1. The molecule has 2 N–H and O–H groups in total. The topological polar surface area (TPSA) is 76.1 Å². The van der Waals surface area contributed by atoms with Crippen LogP contribution in [0.4, 0.5) is 11.6 Å². The number of carbonyl (C=O) groups is 1. The lowest BCUT2D eigenvalue weighted by Gasteiger charge is -2.12. The molecule has 1 heterocycles. The van der Waals surface area contributed by atoms with E-state index >= 15 is 0 Å². The minimum Gasteiger partial charge on any atom is -0.495 e. The van der Waals surface area contributed by atoms with Crippen molar-refractivity contribution in [1.29, 1.82) is 0 Å². The van der Waals surface area contributed by atoms with Gasteiger partial charge in [0, 0.05) is 29.5 Å². The molecule has 0 spiro atoms. The van der Waals surface area contributed by atoms with Gasteiger partial charge in [-0.3, -0.25) is 4.79 Å². The third-order valence-corrected chi connectivity index (χ3v) is 3.96. The minimum atomic E-state index is -0.140. The van der Waals surface area contributed by atoms with Gasteiger partial charge in [-0.05, 0) is 31.4 Å². The van der Waals surface area contributed by atoms with E-state index in [1.807, 2.05) is 13.0 Å². The smallest absolute Gasteiger partial charge is 0.254 e. The second-order valence-electron chi connectivity index (χ2n) is 5.47. The highest BCUT2D eigenvalue weighted by molar-refractivity contribution is 6.31. The number of ether oxygens (including phenoxy) is 1. The van der Waals surface area contributed by atoms with Gasteiger partial charge in [-0.2, -0.15) is 0 Å². The highest BCUT2D eigenvalue weighted by Crippen LogP contribution is 2.32. The van der Waals surface area contributed by atoms with Crippen molar-refractivity contribution in [2.24, 2.45) is 0 Å². The van der Waals surface area contributed by atoms with Crippen molar-refractivity contribution >= 4 is 29.1 Å². The first-order valence-electron chi connectivity index (χ1n) is 7.31. The zero-order chi connectivity index (χ0) is 16.4. The van der Waals surface area contributed by atoms with Crippen molar-refractivity contribution in [3.8, 4) is 5.75 Å². The van der Waals surface area contributed by atoms with Crippen molar-refractivity contribution in [2.45, 2.75) is 25.8 Å². The van der Waals surface area contributed by atoms with E-state index in [2.05, 4.69) is 20.6 Å². The van der Waals surface area contributed by atoms with Gasteiger partial charge in [-0.1, -0.05) is 11.6 Å². The molecule has 6 nitrogen and oxygen atoms in total. The number of rotatable bonds is 5. The van der Waals surface area contributed by atoms with Crippen molar-refractivity contribution in [2.75, 3.05) is 12.4 Å². The summed E-state index contributed by atoms with van der Waals surface area (Å²) in [6.45, 7) is 1.90. The molecule has 1 aromatic carbocycles. The minimum absolute atomic E-state index is 0.140. The Balaban J connectivity index is 1.75. The summed E-state index contributed by atoms with van der Waals surface area (Å²) < 4.78 is 5.30. The maximum atomic E-state index is 11.9. The molecule has 3 rings (SSSR count). The average Bonchev–Trinajstić information content (AvgIpc) is 3.35. The molecule has 1 saturated carbocycles. The second-order valence-corrected chi connectivity index (χ2v) is 5.88. The number of hydrogen-bond acceptors (Lipinski definition) is 5. The third kappa shape index (κ3) is 3.71. The molecule has 0 unspecified atom stereocenters. The predicted octanol–water partition coefficient (Wildman–Crippen LogP) is 3.08. The molecule has 1 aliphatic rings. The van der Waals surface area contributed by atoms with E-state index < -0.39 is 0 Å². The maximum Gasteiger partial charge on any atom is 0.254 e. The Labute approximate surface area is 139 Å². The van der Waals surface area contributed by atoms with E-state index in [9.17, 15) is 4.79 Å². The van der Waals surface area contributed by atoms with Crippen LogP contribution in [0.3, 0.4) is 0 Å². The Kier molecular flexibility index (Phi) is 4.34. The summed E-state index contributed by atoms with van der Waals surface area (Å²) in [5.41, 5.74) is 2.07. The first-order chi connectivity index (χ1) is 11.1. The van der Waals surface area contributed by atoms with Crippen molar-refractivity contribution in [3.05, 3.63) is 40.7 Å². The van der Waals surface area contributed by atoms with E-state index in [0.717, 1.165) is 18.4 Å². The number of carbonyl (C=O) groups excluding carboxylic acids is 1. The van der Waals surface area contributed by atoms with Crippen LogP contribution in [-0.4, -0.2) is 29.0 Å². The molecule has 0 saturated heterocycles. The summed E-state index contributed by atoms with van der Waals surface area (Å²) in [4.78, 5) is 20.3. The van der Waals surface area contributed by atoms with Crippen LogP contribution in [0.2, 0.25) is 5.02 Å². The molecule has 1 aliphatic carbocycles. The van der Waals surface area contributed by atoms with Gasteiger partial charge in [0.15, 0.2) is 0 Å². The maximum absolute atomic E-state index is 11.9. The van der Waals surface area contributed by atoms with Gasteiger partial charge >= 0.3 is 0 Å². The summed E-state index contributed by atoms with van der Waals surface area (Å²) in [5.74, 6) is 0.840. The lowest BCUT2D eigenvalue weighted by atomic mass is 10.2. The summed E-state index contributed by atoms with van der Waals surface area (Å²) in [5, 5.41) is 6.60. The van der Waals surface area contributed by atoms with Gasteiger partial charge in [0.2, 0.25) is 5.95 Å².